The van der Waals surface area contributed by atoms with Gasteiger partial charge in [0, 0.05) is 0 Å². The molecule has 2 aliphatic carbocycles. The zero-order valence-corrected chi connectivity index (χ0v) is 16.0. The lowest BCUT2D eigenvalue weighted by Gasteiger charge is -2.58. The Morgan fingerprint density at radius 1 is 1.21 bits per heavy atom. The van der Waals surface area contributed by atoms with Gasteiger partial charge in [-0.15, -0.1) is 0 Å². The summed E-state index contributed by atoms with van der Waals surface area (Å²) in [6, 6.07) is 8.57. The molecule has 3 rings (SSSR count). The van der Waals surface area contributed by atoms with Crippen LogP contribution in [0.3, 0.4) is 0 Å². The van der Waals surface area contributed by atoms with Crippen LogP contribution in [0.4, 0.5) is 0 Å². The maximum absolute atomic E-state index is 5.38. The monoisotopic (exact) mass is 326 g/mol. The first kappa shape index (κ1) is 17.6. The van der Waals surface area contributed by atoms with E-state index in [2.05, 4.69) is 45.5 Å². The van der Waals surface area contributed by atoms with Crippen LogP contribution < -0.4 is 4.74 Å². The Kier molecular flexibility index (Phi) is 4.82. The zero-order valence-electron chi connectivity index (χ0n) is 16.0. The quantitative estimate of drug-likeness (QED) is 0.579. The summed E-state index contributed by atoms with van der Waals surface area (Å²) in [5.41, 5.74) is 3.83. The van der Waals surface area contributed by atoms with Gasteiger partial charge >= 0.3 is 0 Å². The van der Waals surface area contributed by atoms with Gasteiger partial charge in [0.2, 0.25) is 0 Å². The molecule has 1 aromatic rings. The highest BCUT2D eigenvalue weighted by atomic mass is 16.5. The third-order valence-electron chi connectivity index (χ3n) is 7.17. The molecule has 0 aromatic heterocycles. The molecule has 1 aromatic carbocycles. The van der Waals surface area contributed by atoms with Crippen LogP contribution in [0.15, 0.2) is 36.4 Å². The zero-order chi connectivity index (χ0) is 17.4. The van der Waals surface area contributed by atoms with Crippen LogP contribution in [-0.4, -0.2) is 7.11 Å². The number of rotatable bonds is 4. The first-order valence-electron chi connectivity index (χ1n) is 9.67. The topological polar surface area (TPSA) is 9.23 Å². The largest absolute Gasteiger partial charge is 0.497 e. The fraction of sp³-hybridized carbons (Fsp3) is 0.652. The van der Waals surface area contributed by atoms with Gasteiger partial charge in [-0.3, -0.25) is 0 Å². The van der Waals surface area contributed by atoms with Crippen LogP contribution in [0.5, 0.6) is 5.75 Å². The lowest BCUT2D eigenvalue weighted by molar-refractivity contribution is -0.0539. The summed E-state index contributed by atoms with van der Waals surface area (Å²) in [5, 5.41) is 0. The van der Waals surface area contributed by atoms with Crippen molar-refractivity contribution in [3.8, 4) is 5.75 Å². The molecule has 3 unspecified atom stereocenters. The maximum Gasteiger partial charge on any atom is 0.119 e. The number of benzene rings is 1. The fourth-order valence-corrected chi connectivity index (χ4v) is 5.95. The van der Waals surface area contributed by atoms with Gasteiger partial charge in [0.15, 0.2) is 0 Å². The normalized spacial score (nSPS) is 32.2. The number of ether oxygens (including phenoxy) is 1. The Bertz CT molecular complexity index is 600. The highest BCUT2D eigenvalue weighted by Crippen LogP contribution is 2.61. The number of fused-ring (bicyclic) bond motifs is 1. The summed E-state index contributed by atoms with van der Waals surface area (Å²) in [6.07, 6.45) is 9.08. The van der Waals surface area contributed by atoms with Crippen molar-refractivity contribution in [2.75, 3.05) is 7.11 Å². The van der Waals surface area contributed by atoms with Crippen molar-refractivity contribution >= 4 is 0 Å². The molecule has 24 heavy (non-hydrogen) atoms. The molecule has 0 N–H and O–H groups in total. The number of allylic oxidation sites excluding steroid dienone is 1. The predicted octanol–water partition coefficient (Wildman–Crippen LogP) is 6.43. The predicted molar refractivity (Wildman–Crippen MR) is 102 cm³/mol. The average molecular weight is 327 g/mol. The van der Waals surface area contributed by atoms with Gasteiger partial charge in [0.1, 0.15) is 5.75 Å². The second-order valence-electron chi connectivity index (χ2n) is 9.04. The van der Waals surface area contributed by atoms with E-state index in [9.17, 15) is 0 Å². The molecule has 0 aliphatic heterocycles. The van der Waals surface area contributed by atoms with E-state index in [0.717, 1.165) is 18.1 Å². The lowest BCUT2D eigenvalue weighted by atomic mass is 9.47. The van der Waals surface area contributed by atoms with E-state index < -0.39 is 0 Å². The standard InChI is InChI=1S/C23H34O/c1-17-10-13-21-22(2,3)14-7-15-23(21,4)20(17)12-11-18-8-6-9-19(16-18)24-5/h6,8-9,16,20-21H,1,7,10-15H2,2-5H3. The summed E-state index contributed by atoms with van der Waals surface area (Å²) < 4.78 is 5.38. The molecule has 0 radical (unpaired) electrons. The molecule has 1 nitrogen and oxygen atoms in total. The van der Waals surface area contributed by atoms with E-state index in [-0.39, 0.29) is 0 Å². The summed E-state index contributed by atoms with van der Waals surface area (Å²) in [5.74, 6) is 2.49. The molecule has 0 saturated heterocycles. The highest BCUT2D eigenvalue weighted by molar-refractivity contribution is 5.29. The van der Waals surface area contributed by atoms with Gasteiger partial charge in [-0.2, -0.15) is 0 Å². The van der Waals surface area contributed by atoms with E-state index in [1.165, 1.54) is 49.7 Å². The molecule has 132 valence electrons. The van der Waals surface area contributed by atoms with Gasteiger partial charge in [0.05, 0.1) is 7.11 Å². The highest BCUT2D eigenvalue weighted by Gasteiger charge is 2.52. The Hall–Kier alpha value is -1.24. The van der Waals surface area contributed by atoms with E-state index in [1.807, 2.05) is 6.07 Å². The number of hydrogen-bond acceptors (Lipinski definition) is 1. The van der Waals surface area contributed by atoms with E-state index in [0.29, 0.717) is 16.7 Å². The van der Waals surface area contributed by atoms with Crippen molar-refractivity contribution in [3.05, 3.63) is 42.0 Å². The summed E-state index contributed by atoms with van der Waals surface area (Å²) in [6.45, 7) is 12.1. The van der Waals surface area contributed by atoms with Crippen LogP contribution in [0.1, 0.15) is 64.9 Å². The minimum absolute atomic E-state index is 0.440. The number of hydrogen-bond donors (Lipinski definition) is 0. The Balaban J connectivity index is 1.78. The van der Waals surface area contributed by atoms with Gasteiger partial charge in [-0.25, -0.2) is 0 Å². The van der Waals surface area contributed by atoms with E-state index in [1.54, 1.807) is 7.11 Å². The SMILES string of the molecule is C=C1CCC2C(C)(C)CCCC2(C)C1CCc1cccc(OC)c1. The van der Waals surface area contributed by atoms with Crippen molar-refractivity contribution < 1.29 is 4.74 Å². The number of methoxy groups -OCH3 is 1. The lowest BCUT2D eigenvalue weighted by Crippen LogP contribution is -2.49. The minimum Gasteiger partial charge on any atom is -0.497 e. The second-order valence-corrected chi connectivity index (χ2v) is 9.04. The summed E-state index contributed by atoms with van der Waals surface area (Å²) in [7, 11) is 1.75. The van der Waals surface area contributed by atoms with Crippen LogP contribution >= 0.6 is 0 Å². The molecule has 0 bridgehead atoms. The molecule has 0 heterocycles. The third-order valence-corrected chi connectivity index (χ3v) is 7.17. The summed E-state index contributed by atoms with van der Waals surface area (Å²) >= 11 is 0. The Morgan fingerprint density at radius 3 is 2.75 bits per heavy atom. The minimum atomic E-state index is 0.440. The summed E-state index contributed by atoms with van der Waals surface area (Å²) in [4.78, 5) is 0. The fourth-order valence-electron chi connectivity index (χ4n) is 5.95. The molecule has 0 spiro atoms. The van der Waals surface area contributed by atoms with Crippen LogP contribution in [-0.2, 0) is 6.42 Å². The first-order chi connectivity index (χ1) is 11.4. The molecule has 0 amide bonds. The van der Waals surface area contributed by atoms with Crippen molar-refractivity contribution in [2.24, 2.45) is 22.7 Å². The van der Waals surface area contributed by atoms with Crippen molar-refractivity contribution in [3.63, 3.8) is 0 Å². The molecule has 2 saturated carbocycles. The molecule has 3 atom stereocenters. The second kappa shape index (κ2) is 6.58. The molecule has 2 fully saturated rings. The van der Waals surface area contributed by atoms with Crippen LogP contribution in [0.25, 0.3) is 0 Å². The third kappa shape index (κ3) is 3.15. The Morgan fingerprint density at radius 2 is 2.00 bits per heavy atom. The average Bonchev–Trinajstić information content (AvgIpc) is 2.53. The van der Waals surface area contributed by atoms with Gasteiger partial charge in [-0.05, 0) is 78.9 Å². The van der Waals surface area contributed by atoms with Gasteiger partial charge in [0.25, 0.3) is 0 Å². The van der Waals surface area contributed by atoms with E-state index >= 15 is 0 Å². The first-order valence-corrected chi connectivity index (χ1v) is 9.67. The van der Waals surface area contributed by atoms with Crippen LogP contribution in [0, 0.1) is 22.7 Å². The van der Waals surface area contributed by atoms with Crippen molar-refractivity contribution in [2.45, 2.75) is 65.7 Å². The van der Waals surface area contributed by atoms with Gasteiger partial charge < -0.3 is 4.74 Å². The smallest absolute Gasteiger partial charge is 0.119 e. The van der Waals surface area contributed by atoms with E-state index in [4.69, 9.17) is 4.74 Å². The molecular weight excluding hydrogens is 292 g/mol. The van der Waals surface area contributed by atoms with Crippen molar-refractivity contribution in [1.29, 1.82) is 0 Å². The number of aryl methyl sites for hydroxylation is 1. The Labute approximate surface area is 148 Å². The van der Waals surface area contributed by atoms with Crippen molar-refractivity contribution in [1.82, 2.24) is 0 Å². The van der Waals surface area contributed by atoms with Crippen LogP contribution in [0.2, 0.25) is 0 Å². The molecule has 2 aliphatic rings. The molecular formula is C23H34O. The van der Waals surface area contributed by atoms with Gasteiger partial charge in [-0.1, -0.05) is 51.5 Å². The maximum atomic E-state index is 5.38. The molecule has 1 heteroatoms.